The molecule has 0 aliphatic carbocycles. The molecule has 0 unspecified atom stereocenters. The predicted molar refractivity (Wildman–Crippen MR) is 78.4 cm³/mol. The molecule has 2 heterocycles. The Bertz CT molecular complexity index is 632. The lowest BCUT2D eigenvalue weighted by Gasteiger charge is -2.28. The smallest absolute Gasteiger partial charge is 0.189 e. The molecule has 1 aromatic carbocycles. The van der Waals surface area contributed by atoms with Crippen LogP contribution in [0.5, 0.6) is 0 Å². The van der Waals surface area contributed by atoms with Gasteiger partial charge in [0.15, 0.2) is 5.43 Å². The van der Waals surface area contributed by atoms with Crippen molar-refractivity contribution in [1.82, 2.24) is 0 Å². The van der Waals surface area contributed by atoms with Crippen LogP contribution in [0.1, 0.15) is 0 Å². The van der Waals surface area contributed by atoms with Crippen molar-refractivity contribution in [3.8, 4) is 0 Å². The summed E-state index contributed by atoms with van der Waals surface area (Å²) in [7, 11) is 0. The van der Waals surface area contributed by atoms with Gasteiger partial charge in [0.2, 0.25) is 0 Å². The number of thiol groups is 1. The summed E-state index contributed by atoms with van der Waals surface area (Å²) < 4.78 is 7.10. The summed E-state index contributed by atoms with van der Waals surface area (Å²) in [6, 6.07) is 7.57. The van der Waals surface area contributed by atoms with Crippen LogP contribution in [0.4, 0.5) is 5.69 Å². The van der Waals surface area contributed by atoms with Crippen LogP contribution in [0.15, 0.2) is 33.3 Å². The third-order valence-electron chi connectivity index (χ3n) is 3.08. The fourth-order valence-electron chi connectivity index (χ4n) is 2.15. The molecule has 0 bridgehead atoms. The first-order valence-electron chi connectivity index (χ1n) is 5.83. The molecule has 18 heavy (non-hydrogen) atoms. The molecular formula is C13H13NO2S2. The van der Waals surface area contributed by atoms with Crippen LogP contribution < -0.4 is 10.3 Å². The van der Waals surface area contributed by atoms with Crippen LogP contribution in [0.3, 0.4) is 0 Å². The molecule has 94 valence electrons. The highest BCUT2D eigenvalue weighted by Crippen LogP contribution is 2.26. The Morgan fingerprint density at radius 1 is 1.22 bits per heavy atom. The van der Waals surface area contributed by atoms with Crippen molar-refractivity contribution in [2.45, 2.75) is 4.21 Å². The summed E-state index contributed by atoms with van der Waals surface area (Å²) >= 11 is 5.82. The monoisotopic (exact) mass is 279 g/mol. The molecule has 1 aliphatic rings. The minimum absolute atomic E-state index is 0.0438. The van der Waals surface area contributed by atoms with E-state index >= 15 is 0 Å². The van der Waals surface area contributed by atoms with Gasteiger partial charge in [0.1, 0.15) is 0 Å². The van der Waals surface area contributed by atoms with Crippen molar-refractivity contribution >= 4 is 39.7 Å². The fourth-order valence-corrected chi connectivity index (χ4v) is 3.41. The summed E-state index contributed by atoms with van der Waals surface area (Å²) in [4.78, 5) is 14.1. The first kappa shape index (κ1) is 12.0. The van der Waals surface area contributed by atoms with Gasteiger partial charge in [0, 0.05) is 34.9 Å². The van der Waals surface area contributed by atoms with Crippen LogP contribution in [0, 0.1) is 0 Å². The molecule has 2 aromatic rings. The van der Waals surface area contributed by atoms with E-state index < -0.39 is 0 Å². The molecule has 0 saturated carbocycles. The van der Waals surface area contributed by atoms with E-state index in [9.17, 15) is 4.79 Å². The maximum atomic E-state index is 11.8. The normalized spacial score (nSPS) is 16.2. The summed E-state index contributed by atoms with van der Waals surface area (Å²) in [5.74, 6) is 0. The van der Waals surface area contributed by atoms with E-state index in [1.54, 1.807) is 17.4 Å². The molecule has 0 atom stereocenters. The Kier molecular flexibility index (Phi) is 3.28. The highest BCUT2D eigenvalue weighted by molar-refractivity contribution is 7.83. The number of hydrogen-bond acceptors (Lipinski definition) is 5. The first-order chi connectivity index (χ1) is 8.74. The Labute approximate surface area is 114 Å². The zero-order chi connectivity index (χ0) is 12.5. The van der Waals surface area contributed by atoms with E-state index in [-0.39, 0.29) is 5.43 Å². The minimum atomic E-state index is 0.0438. The highest BCUT2D eigenvalue weighted by atomic mass is 32.2. The topological polar surface area (TPSA) is 29.5 Å². The maximum absolute atomic E-state index is 11.8. The van der Waals surface area contributed by atoms with Gasteiger partial charge in [-0.3, -0.25) is 4.79 Å². The molecule has 1 aliphatic heterocycles. The van der Waals surface area contributed by atoms with Gasteiger partial charge < -0.3 is 9.64 Å². The molecule has 1 aromatic heterocycles. The van der Waals surface area contributed by atoms with Crippen LogP contribution in [0.25, 0.3) is 10.1 Å². The van der Waals surface area contributed by atoms with E-state index in [2.05, 4.69) is 23.6 Å². The van der Waals surface area contributed by atoms with E-state index in [1.165, 1.54) is 0 Å². The number of morpholine rings is 1. The fraction of sp³-hybridized carbons (Fsp3) is 0.308. The lowest BCUT2D eigenvalue weighted by atomic mass is 10.2. The second-order valence-electron chi connectivity index (χ2n) is 4.23. The first-order valence-corrected chi connectivity index (χ1v) is 7.10. The van der Waals surface area contributed by atoms with Gasteiger partial charge in [-0.2, -0.15) is 0 Å². The molecule has 1 fully saturated rings. The third kappa shape index (κ3) is 2.25. The summed E-state index contributed by atoms with van der Waals surface area (Å²) in [6.07, 6.45) is 0. The lowest BCUT2D eigenvalue weighted by molar-refractivity contribution is 0.122. The summed E-state index contributed by atoms with van der Waals surface area (Å²) in [5.41, 5.74) is 1.20. The van der Waals surface area contributed by atoms with Crippen molar-refractivity contribution < 1.29 is 4.74 Å². The van der Waals surface area contributed by atoms with E-state index in [1.807, 2.05) is 12.1 Å². The number of ether oxygens (including phenoxy) is 1. The van der Waals surface area contributed by atoms with Crippen molar-refractivity contribution in [2.75, 3.05) is 31.2 Å². The second kappa shape index (κ2) is 4.91. The Morgan fingerprint density at radius 2 is 2.00 bits per heavy atom. The van der Waals surface area contributed by atoms with Crippen molar-refractivity contribution in [2.24, 2.45) is 0 Å². The quantitative estimate of drug-likeness (QED) is 0.813. The van der Waals surface area contributed by atoms with Crippen molar-refractivity contribution in [1.29, 1.82) is 0 Å². The van der Waals surface area contributed by atoms with Crippen LogP contribution in [-0.4, -0.2) is 26.3 Å². The third-order valence-corrected chi connectivity index (χ3v) is 4.36. The molecule has 0 spiro atoms. The van der Waals surface area contributed by atoms with Crippen LogP contribution in [0.2, 0.25) is 0 Å². The molecule has 3 nitrogen and oxygen atoms in total. The Morgan fingerprint density at radius 3 is 2.78 bits per heavy atom. The number of rotatable bonds is 1. The number of anilines is 1. The summed E-state index contributed by atoms with van der Waals surface area (Å²) in [6.45, 7) is 3.34. The highest BCUT2D eigenvalue weighted by Gasteiger charge is 2.12. The van der Waals surface area contributed by atoms with Crippen molar-refractivity contribution in [3.05, 3.63) is 34.5 Å². The zero-order valence-electron chi connectivity index (χ0n) is 9.76. The minimum Gasteiger partial charge on any atom is -0.378 e. The molecule has 0 radical (unpaired) electrons. The van der Waals surface area contributed by atoms with E-state index in [4.69, 9.17) is 4.74 Å². The second-order valence-corrected chi connectivity index (χ2v) is 6.10. The number of hydrogen-bond donors (Lipinski definition) is 1. The average molecular weight is 279 g/mol. The number of nitrogens with zero attached hydrogens (tertiary/aromatic N) is 1. The average Bonchev–Trinajstić information content (AvgIpc) is 2.39. The van der Waals surface area contributed by atoms with Gasteiger partial charge in [0.25, 0.3) is 0 Å². The largest absolute Gasteiger partial charge is 0.378 e. The Hall–Kier alpha value is -1.04. The molecule has 3 rings (SSSR count). The van der Waals surface area contributed by atoms with Crippen LogP contribution in [-0.2, 0) is 4.74 Å². The van der Waals surface area contributed by atoms with Gasteiger partial charge >= 0.3 is 0 Å². The van der Waals surface area contributed by atoms with Gasteiger partial charge in [-0.05, 0) is 18.2 Å². The van der Waals surface area contributed by atoms with E-state index in [0.29, 0.717) is 0 Å². The van der Waals surface area contributed by atoms with Gasteiger partial charge in [0.05, 0.1) is 17.4 Å². The molecule has 0 amide bonds. The molecule has 0 N–H and O–H groups in total. The van der Waals surface area contributed by atoms with Crippen LogP contribution >= 0.6 is 24.0 Å². The zero-order valence-corrected chi connectivity index (χ0v) is 11.5. The SMILES string of the molecule is O=c1cc(S)sc2cc(N3CCOCC3)ccc12. The molecule has 5 heteroatoms. The standard InChI is InChI=1S/C13H13NO2S2/c15-11-8-13(17)18-12-7-9(1-2-10(11)12)14-3-5-16-6-4-14/h1-2,7-8,17H,3-6H2. The lowest BCUT2D eigenvalue weighted by Crippen LogP contribution is -2.36. The van der Waals surface area contributed by atoms with Gasteiger partial charge in [-0.25, -0.2) is 0 Å². The van der Waals surface area contributed by atoms with E-state index in [0.717, 1.165) is 46.3 Å². The Balaban J connectivity index is 2.07. The van der Waals surface area contributed by atoms with Crippen molar-refractivity contribution in [3.63, 3.8) is 0 Å². The molecular weight excluding hydrogens is 266 g/mol. The summed E-state index contributed by atoms with van der Waals surface area (Å²) in [5, 5.41) is 0.773. The molecule has 1 saturated heterocycles. The van der Waals surface area contributed by atoms with Gasteiger partial charge in [-0.1, -0.05) is 0 Å². The van der Waals surface area contributed by atoms with Gasteiger partial charge in [-0.15, -0.1) is 24.0 Å². The predicted octanol–water partition coefficient (Wildman–Crippen LogP) is 2.39. The maximum Gasteiger partial charge on any atom is 0.189 e. The number of benzene rings is 1. The number of fused-ring (bicyclic) bond motifs is 1.